The third-order valence-electron chi connectivity index (χ3n) is 4.56. The van der Waals surface area contributed by atoms with E-state index in [1.807, 2.05) is 24.3 Å². The van der Waals surface area contributed by atoms with E-state index >= 15 is 0 Å². The summed E-state index contributed by atoms with van der Waals surface area (Å²) in [7, 11) is 1.55. The molecule has 142 valence electrons. The van der Waals surface area contributed by atoms with Crippen molar-refractivity contribution in [1.82, 2.24) is 10.2 Å². The minimum atomic E-state index is -0.290. The Morgan fingerprint density at radius 2 is 1.78 bits per heavy atom. The summed E-state index contributed by atoms with van der Waals surface area (Å²) < 4.78 is 5.11. The number of halogens is 1. The molecule has 0 unspecified atom stereocenters. The van der Waals surface area contributed by atoms with Crippen molar-refractivity contribution in [1.29, 1.82) is 0 Å². The number of hydrogen-bond donors (Lipinski definition) is 1. The highest BCUT2D eigenvalue weighted by Crippen LogP contribution is 2.19. The number of amides is 2. The zero-order valence-corrected chi connectivity index (χ0v) is 15.9. The van der Waals surface area contributed by atoms with E-state index in [4.69, 9.17) is 16.3 Å². The minimum absolute atomic E-state index is 0.0169. The maximum Gasteiger partial charge on any atom is 0.251 e. The summed E-state index contributed by atoms with van der Waals surface area (Å²) in [6.45, 7) is 2.72. The number of piperazine rings is 1. The molecule has 2 aromatic rings. The second kappa shape index (κ2) is 8.77. The van der Waals surface area contributed by atoms with E-state index in [0.717, 1.165) is 18.8 Å². The molecule has 27 heavy (non-hydrogen) atoms. The van der Waals surface area contributed by atoms with Crippen molar-refractivity contribution >= 4 is 29.1 Å². The van der Waals surface area contributed by atoms with Crippen LogP contribution in [0.5, 0.6) is 5.75 Å². The van der Waals surface area contributed by atoms with Crippen LogP contribution in [0.1, 0.15) is 10.4 Å². The van der Waals surface area contributed by atoms with Crippen LogP contribution in [0.2, 0.25) is 5.02 Å². The lowest BCUT2D eigenvalue weighted by molar-refractivity contribution is -0.130. The largest absolute Gasteiger partial charge is 0.497 e. The summed E-state index contributed by atoms with van der Waals surface area (Å²) in [6.07, 6.45) is 0. The van der Waals surface area contributed by atoms with Crippen LogP contribution in [0, 0.1) is 0 Å². The molecule has 1 aliphatic heterocycles. The Hall–Kier alpha value is -2.73. The molecule has 1 N–H and O–H groups in total. The molecule has 1 heterocycles. The van der Waals surface area contributed by atoms with E-state index in [-0.39, 0.29) is 18.4 Å². The van der Waals surface area contributed by atoms with Gasteiger partial charge < -0.3 is 19.9 Å². The summed E-state index contributed by atoms with van der Waals surface area (Å²) >= 11 is 5.92. The van der Waals surface area contributed by atoms with E-state index in [0.29, 0.717) is 29.4 Å². The summed E-state index contributed by atoms with van der Waals surface area (Å²) in [4.78, 5) is 28.6. The predicted octanol–water partition coefficient (Wildman–Crippen LogP) is 2.43. The lowest BCUT2D eigenvalue weighted by atomic mass is 10.2. The lowest BCUT2D eigenvalue weighted by Gasteiger charge is -2.36. The molecular weight excluding hydrogens is 366 g/mol. The molecule has 0 radical (unpaired) electrons. The fraction of sp³-hybridized carbons (Fsp3) is 0.300. The normalized spacial score (nSPS) is 14.0. The quantitative estimate of drug-likeness (QED) is 0.856. The summed E-state index contributed by atoms with van der Waals surface area (Å²) in [6, 6.07) is 14.5. The van der Waals surface area contributed by atoms with Gasteiger partial charge in [-0.05, 0) is 42.5 Å². The summed E-state index contributed by atoms with van der Waals surface area (Å²) in [5, 5.41) is 3.39. The molecule has 0 saturated carbocycles. The Morgan fingerprint density at radius 3 is 2.44 bits per heavy atom. The predicted molar refractivity (Wildman–Crippen MR) is 106 cm³/mol. The van der Waals surface area contributed by atoms with Crippen LogP contribution in [0.25, 0.3) is 0 Å². The van der Waals surface area contributed by atoms with Gasteiger partial charge in [0.1, 0.15) is 5.75 Å². The number of carbonyl (C=O) groups excluding carboxylic acids is 2. The molecule has 0 bridgehead atoms. The van der Waals surface area contributed by atoms with Crippen molar-refractivity contribution in [2.75, 3.05) is 44.7 Å². The molecule has 1 aliphatic rings. The van der Waals surface area contributed by atoms with Crippen molar-refractivity contribution in [2.24, 2.45) is 0 Å². The standard InChI is InChI=1S/C20H22ClN3O3/c1-27-18-4-2-3-15(13-18)20(26)22-14-19(25)24-11-9-23(10-12-24)17-7-5-16(21)6-8-17/h2-8,13H,9-12,14H2,1H3,(H,22,26). The topological polar surface area (TPSA) is 61.9 Å². The van der Waals surface area contributed by atoms with Gasteiger partial charge >= 0.3 is 0 Å². The van der Waals surface area contributed by atoms with Gasteiger partial charge in [0.05, 0.1) is 13.7 Å². The second-order valence-corrected chi connectivity index (χ2v) is 6.70. The van der Waals surface area contributed by atoms with Crippen molar-refractivity contribution in [2.45, 2.75) is 0 Å². The van der Waals surface area contributed by atoms with E-state index < -0.39 is 0 Å². The number of methoxy groups -OCH3 is 1. The van der Waals surface area contributed by atoms with Gasteiger partial charge in [-0.15, -0.1) is 0 Å². The number of carbonyl (C=O) groups is 2. The highest BCUT2D eigenvalue weighted by molar-refractivity contribution is 6.30. The van der Waals surface area contributed by atoms with E-state index in [9.17, 15) is 9.59 Å². The lowest BCUT2D eigenvalue weighted by Crippen LogP contribution is -2.51. The highest BCUT2D eigenvalue weighted by atomic mass is 35.5. The maximum atomic E-state index is 12.4. The number of benzene rings is 2. The SMILES string of the molecule is COc1cccc(C(=O)NCC(=O)N2CCN(c3ccc(Cl)cc3)CC2)c1. The maximum absolute atomic E-state index is 12.4. The first-order valence-electron chi connectivity index (χ1n) is 8.77. The zero-order chi connectivity index (χ0) is 19.2. The van der Waals surface area contributed by atoms with Crippen LogP contribution in [0.15, 0.2) is 48.5 Å². The third-order valence-corrected chi connectivity index (χ3v) is 4.81. The Balaban J connectivity index is 1.48. The van der Waals surface area contributed by atoms with Crippen LogP contribution < -0.4 is 15.0 Å². The Morgan fingerprint density at radius 1 is 1.07 bits per heavy atom. The third kappa shape index (κ3) is 4.92. The van der Waals surface area contributed by atoms with Gasteiger partial charge in [0.25, 0.3) is 5.91 Å². The van der Waals surface area contributed by atoms with Crippen molar-refractivity contribution in [3.63, 3.8) is 0 Å². The average molecular weight is 388 g/mol. The molecule has 7 heteroatoms. The van der Waals surface area contributed by atoms with E-state index in [1.165, 1.54) is 0 Å². The van der Waals surface area contributed by atoms with Crippen LogP contribution in [0.3, 0.4) is 0 Å². The fourth-order valence-electron chi connectivity index (χ4n) is 3.00. The molecular formula is C20H22ClN3O3. The first kappa shape index (κ1) is 19.0. The number of hydrogen-bond acceptors (Lipinski definition) is 4. The van der Waals surface area contributed by atoms with Gasteiger partial charge in [0.15, 0.2) is 0 Å². The Bertz CT molecular complexity index is 802. The number of anilines is 1. The fourth-order valence-corrected chi connectivity index (χ4v) is 3.13. The smallest absolute Gasteiger partial charge is 0.251 e. The monoisotopic (exact) mass is 387 g/mol. The van der Waals surface area contributed by atoms with Crippen molar-refractivity contribution in [3.8, 4) is 5.75 Å². The average Bonchev–Trinajstić information content (AvgIpc) is 2.72. The number of nitrogens with one attached hydrogen (secondary N) is 1. The molecule has 6 nitrogen and oxygen atoms in total. The van der Waals surface area contributed by atoms with E-state index in [2.05, 4.69) is 10.2 Å². The highest BCUT2D eigenvalue weighted by Gasteiger charge is 2.21. The van der Waals surface area contributed by atoms with Gasteiger partial charge in [0.2, 0.25) is 5.91 Å². The number of nitrogens with zero attached hydrogens (tertiary/aromatic N) is 2. The van der Waals surface area contributed by atoms with Gasteiger partial charge in [-0.25, -0.2) is 0 Å². The number of ether oxygens (including phenoxy) is 1. The van der Waals surface area contributed by atoms with Gasteiger partial charge in [-0.1, -0.05) is 17.7 Å². The Labute approximate surface area is 163 Å². The zero-order valence-electron chi connectivity index (χ0n) is 15.2. The molecule has 0 aliphatic carbocycles. The molecule has 2 aromatic carbocycles. The summed E-state index contributed by atoms with van der Waals surface area (Å²) in [5.74, 6) is 0.233. The molecule has 0 atom stereocenters. The molecule has 0 aromatic heterocycles. The first-order chi connectivity index (χ1) is 13.1. The Kier molecular flexibility index (Phi) is 6.19. The molecule has 3 rings (SSSR count). The van der Waals surface area contributed by atoms with E-state index in [1.54, 1.807) is 36.3 Å². The summed E-state index contributed by atoms with van der Waals surface area (Å²) in [5.41, 5.74) is 1.56. The molecule has 2 amide bonds. The second-order valence-electron chi connectivity index (χ2n) is 6.26. The minimum Gasteiger partial charge on any atom is -0.497 e. The number of rotatable bonds is 5. The molecule has 1 saturated heterocycles. The van der Waals surface area contributed by atoms with Crippen LogP contribution in [0.4, 0.5) is 5.69 Å². The van der Waals surface area contributed by atoms with Crippen LogP contribution in [-0.4, -0.2) is 56.5 Å². The van der Waals surface area contributed by atoms with Crippen LogP contribution in [-0.2, 0) is 4.79 Å². The van der Waals surface area contributed by atoms with Crippen molar-refractivity contribution < 1.29 is 14.3 Å². The van der Waals surface area contributed by atoms with Gasteiger partial charge in [-0.3, -0.25) is 9.59 Å². The van der Waals surface area contributed by atoms with Crippen LogP contribution >= 0.6 is 11.6 Å². The molecule has 0 spiro atoms. The van der Waals surface area contributed by atoms with Crippen molar-refractivity contribution in [3.05, 3.63) is 59.1 Å². The van der Waals surface area contributed by atoms with Gasteiger partial charge in [-0.2, -0.15) is 0 Å². The molecule has 1 fully saturated rings. The van der Waals surface area contributed by atoms with Gasteiger partial charge in [0, 0.05) is 42.5 Å². The first-order valence-corrected chi connectivity index (χ1v) is 9.15.